The molecule has 2 aromatic carbocycles. The Bertz CT molecular complexity index is 1000. The van der Waals surface area contributed by atoms with E-state index in [0.29, 0.717) is 10.8 Å². The lowest BCUT2D eigenvalue weighted by molar-refractivity contribution is -0.137. The molecule has 8 heteroatoms. The molecule has 3 rings (SSSR count). The van der Waals surface area contributed by atoms with Gasteiger partial charge in [0.2, 0.25) is 0 Å². The molecule has 0 amide bonds. The van der Waals surface area contributed by atoms with Crippen LogP contribution in [0, 0.1) is 13.8 Å². The van der Waals surface area contributed by atoms with Gasteiger partial charge in [0.05, 0.1) is 5.56 Å². The second kappa shape index (κ2) is 7.37. The number of hydrogen-bond donors (Lipinski definition) is 1. The molecule has 0 atom stereocenters. The summed E-state index contributed by atoms with van der Waals surface area (Å²) in [4.78, 5) is 8.36. The van der Waals surface area contributed by atoms with Crippen molar-refractivity contribution in [2.45, 2.75) is 20.0 Å². The SMILES string of the molecule is Cc1cc(Nc2cc(Cl)nc(-c3cccc(C(F)(F)F)c3)n2)c(C)cc1Cl. The maximum absolute atomic E-state index is 13.0. The van der Waals surface area contributed by atoms with E-state index in [-0.39, 0.29) is 16.5 Å². The third kappa shape index (κ3) is 4.51. The highest BCUT2D eigenvalue weighted by Crippen LogP contribution is 2.32. The number of aryl methyl sites for hydroxylation is 2. The second-order valence-corrected chi connectivity index (χ2v) is 6.81. The van der Waals surface area contributed by atoms with Gasteiger partial charge in [-0.1, -0.05) is 35.3 Å². The number of aromatic nitrogens is 2. The summed E-state index contributed by atoms with van der Waals surface area (Å²) >= 11 is 12.2. The van der Waals surface area contributed by atoms with Crippen LogP contribution >= 0.6 is 23.2 Å². The van der Waals surface area contributed by atoms with Crippen molar-refractivity contribution in [1.29, 1.82) is 0 Å². The largest absolute Gasteiger partial charge is 0.416 e. The van der Waals surface area contributed by atoms with Crippen LogP contribution in [0.25, 0.3) is 11.4 Å². The molecule has 0 saturated carbocycles. The van der Waals surface area contributed by atoms with Crippen LogP contribution in [0.15, 0.2) is 42.5 Å². The summed E-state index contributed by atoms with van der Waals surface area (Å²) in [5, 5.41) is 3.88. The Hall–Kier alpha value is -2.31. The zero-order chi connectivity index (χ0) is 19.8. The van der Waals surface area contributed by atoms with E-state index < -0.39 is 11.7 Å². The summed E-state index contributed by atoms with van der Waals surface area (Å²) in [5.74, 6) is 0.465. The van der Waals surface area contributed by atoms with Gasteiger partial charge < -0.3 is 5.32 Å². The van der Waals surface area contributed by atoms with E-state index in [4.69, 9.17) is 23.2 Å². The summed E-state index contributed by atoms with van der Waals surface area (Å²) in [6.45, 7) is 3.75. The van der Waals surface area contributed by atoms with Crippen molar-refractivity contribution < 1.29 is 13.2 Å². The van der Waals surface area contributed by atoms with Crippen LogP contribution < -0.4 is 5.32 Å². The second-order valence-electron chi connectivity index (χ2n) is 6.02. The molecule has 0 fully saturated rings. The highest BCUT2D eigenvalue weighted by molar-refractivity contribution is 6.31. The van der Waals surface area contributed by atoms with Gasteiger partial charge in [-0.15, -0.1) is 0 Å². The number of anilines is 2. The van der Waals surface area contributed by atoms with Crippen molar-refractivity contribution in [3.8, 4) is 11.4 Å². The van der Waals surface area contributed by atoms with Crippen LogP contribution in [0.2, 0.25) is 10.2 Å². The molecule has 0 aliphatic heterocycles. The molecule has 0 aliphatic carbocycles. The van der Waals surface area contributed by atoms with Crippen molar-refractivity contribution in [2.75, 3.05) is 5.32 Å². The van der Waals surface area contributed by atoms with Gasteiger partial charge in [0.1, 0.15) is 11.0 Å². The minimum Gasteiger partial charge on any atom is -0.340 e. The summed E-state index contributed by atoms with van der Waals surface area (Å²) in [7, 11) is 0. The normalized spacial score (nSPS) is 11.5. The van der Waals surface area contributed by atoms with E-state index in [1.807, 2.05) is 26.0 Å². The Morgan fingerprint density at radius 2 is 1.67 bits per heavy atom. The third-order valence-electron chi connectivity index (χ3n) is 3.91. The molecule has 1 N–H and O–H groups in total. The van der Waals surface area contributed by atoms with E-state index in [9.17, 15) is 13.2 Å². The van der Waals surface area contributed by atoms with Crippen LogP contribution in [0.3, 0.4) is 0 Å². The lowest BCUT2D eigenvalue weighted by Crippen LogP contribution is -2.05. The van der Waals surface area contributed by atoms with Crippen molar-refractivity contribution in [3.63, 3.8) is 0 Å². The molecule has 140 valence electrons. The Balaban J connectivity index is 2.00. The molecule has 0 spiro atoms. The molecular weight excluding hydrogens is 398 g/mol. The zero-order valence-corrected chi connectivity index (χ0v) is 15.8. The standard InChI is InChI=1S/C19H14Cl2F3N3/c1-10-7-15(11(2)6-14(10)20)25-17-9-16(21)26-18(27-17)12-4-3-5-13(8-12)19(22,23)24/h3-9H,1-2H3,(H,25,26,27). The zero-order valence-electron chi connectivity index (χ0n) is 14.3. The molecule has 3 nitrogen and oxygen atoms in total. The lowest BCUT2D eigenvalue weighted by Gasteiger charge is -2.13. The fourth-order valence-electron chi connectivity index (χ4n) is 2.50. The van der Waals surface area contributed by atoms with Crippen LogP contribution in [0.5, 0.6) is 0 Å². The maximum Gasteiger partial charge on any atom is 0.416 e. The van der Waals surface area contributed by atoms with Crippen LogP contribution in [-0.4, -0.2) is 9.97 Å². The van der Waals surface area contributed by atoms with E-state index in [0.717, 1.165) is 28.9 Å². The van der Waals surface area contributed by atoms with E-state index >= 15 is 0 Å². The van der Waals surface area contributed by atoms with Crippen molar-refractivity contribution in [3.05, 3.63) is 69.3 Å². The molecule has 0 unspecified atom stereocenters. The average Bonchev–Trinajstić information content (AvgIpc) is 2.58. The molecule has 1 heterocycles. The predicted molar refractivity (Wildman–Crippen MR) is 102 cm³/mol. The monoisotopic (exact) mass is 411 g/mol. The number of rotatable bonds is 3. The van der Waals surface area contributed by atoms with Crippen LogP contribution in [-0.2, 0) is 6.18 Å². The Labute approximate surface area is 164 Å². The number of nitrogens with zero attached hydrogens (tertiary/aromatic N) is 2. The number of benzene rings is 2. The molecule has 0 bridgehead atoms. The van der Waals surface area contributed by atoms with Gasteiger partial charge in [-0.3, -0.25) is 0 Å². The van der Waals surface area contributed by atoms with Gasteiger partial charge in [-0.2, -0.15) is 13.2 Å². The average molecular weight is 412 g/mol. The first kappa shape index (κ1) is 19.5. The molecular formula is C19H14Cl2F3N3. The topological polar surface area (TPSA) is 37.8 Å². The van der Waals surface area contributed by atoms with Crippen molar-refractivity contribution >= 4 is 34.7 Å². The van der Waals surface area contributed by atoms with Gasteiger partial charge >= 0.3 is 6.18 Å². The number of halogens is 5. The summed E-state index contributed by atoms with van der Waals surface area (Å²) < 4.78 is 38.9. The Kier molecular flexibility index (Phi) is 5.31. The highest BCUT2D eigenvalue weighted by atomic mass is 35.5. The first-order valence-corrected chi connectivity index (χ1v) is 8.65. The number of nitrogens with one attached hydrogen (secondary N) is 1. The molecule has 1 aromatic heterocycles. The quantitative estimate of drug-likeness (QED) is 0.479. The molecule has 3 aromatic rings. The number of hydrogen-bond acceptors (Lipinski definition) is 3. The predicted octanol–water partition coefficient (Wildman–Crippen LogP) is 6.83. The minimum absolute atomic E-state index is 0.0967. The molecule has 0 saturated heterocycles. The van der Waals surface area contributed by atoms with E-state index in [2.05, 4.69) is 15.3 Å². The van der Waals surface area contributed by atoms with Gasteiger partial charge in [-0.25, -0.2) is 9.97 Å². The van der Waals surface area contributed by atoms with Gasteiger partial charge in [-0.05, 0) is 49.2 Å². The minimum atomic E-state index is -4.45. The van der Waals surface area contributed by atoms with E-state index in [1.165, 1.54) is 18.2 Å². The first-order chi connectivity index (χ1) is 12.6. The van der Waals surface area contributed by atoms with Crippen LogP contribution in [0.1, 0.15) is 16.7 Å². The van der Waals surface area contributed by atoms with Crippen molar-refractivity contribution in [1.82, 2.24) is 9.97 Å². The Morgan fingerprint density at radius 1 is 0.926 bits per heavy atom. The molecule has 0 aliphatic rings. The fraction of sp³-hybridized carbons (Fsp3) is 0.158. The summed E-state index contributed by atoms with van der Waals surface area (Å²) in [6.07, 6.45) is -4.45. The molecule has 27 heavy (non-hydrogen) atoms. The van der Waals surface area contributed by atoms with Gasteiger partial charge in [0, 0.05) is 22.3 Å². The Morgan fingerprint density at radius 3 is 2.37 bits per heavy atom. The van der Waals surface area contributed by atoms with Gasteiger partial charge in [0.15, 0.2) is 5.82 Å². The number of alkyl halides is 3. The van der Waals surface area contributed by atoms with Crippen LogP contribution in [0.4, 0.5) is 24.7 Å². The third-order valence-corrected chi connectivity index (χ3v) is 4.51. The van der Waals surface area contributed by atoms with E-state index in [1.54, 1.807) is 0 Å². The highest BCUT2D eigenvalue weighted by Gasteiger charge is 2.30. The fourth-order valence-corrected chi connectivity index (χ4v) is 2.90. The lowest BCUT2D eigenvalue weighted by atomic mass is 10.1. The smallest absolute Gasteiger partial charge is 0.340 e. The van der Waals surface area contributed by atoms with Crippen molar-refractivity contribution in [2.24, 2.45) is 0 Å². The summed E-state index contributed by atoms with van der Waals surface area (Å²) in [6, 6.07) is 9.97. The maximum atomic E-state index is 13.0. The van der Waals surface area contributed by atoms with Gasteiger partial charge in [0.25, 0.3) is 0 Å². The molecule has 0 radical (unpaired) electrons. The summed E-state index contributed by atoms with van der Waals surface area (Å²) in [5.41, 5.74) is 1.98. The first-order valence-electron chi connectivity index (χ1n) is 7.89.